The van der Waals surface area contributed by atoms with Gasteiger partial charge in [-0.3, -0.25) is 4.79 Å². The van der Waals surface area contributed by atoms with E-state index in [1.807, 2.05) is 30.3 Å². The molecule has 0 heterocycles. The number of hydrogen-bond donors (Lipinski definition) is 0. The maximum absolute atomic E-state index is 11.5. The molecular weight excluding hydrogens is 206 g/mol. The molecule has 0 unspecified atom stereocenters. The zero-order chi connectivity index (χ0) is 11.4. The average Bonchev–Trinajstić information content (AvgIpc) is 3.13. The van der Waals surface area contributed by atoms with Crippen molar-refractivity contribution in [1.82, 2.24) is 4.90 Å². The van der Waals surface area contributed by atoms with E-state index in [-0.39, 0.29) is 12.6 Å². The Hall–Kier alpha value is -1.84. The first-order valence-corrected chi connectivity index (χ1v) is 5.25. The largest absolute Gasteiger partial charge is 0.444 e. The van der Waals surface area contributed by atoms with Crippen LogP contribution in [0.1, 0.15) is 18.4 Å². The van der Waals surface area contributed by atoms with Gasteiger partial charge in [0.1, 0.15) is 6.61 Å². The van der Waals surface area contributed by atoms with Crippen molar-refractivity contribution < 1.29 is 14.3 Å². The maximum atomic E-state index is 11.5. The third-order valence-corrected chi connectivity index (χ3v) is 2.47. The van der Waals surface area contributed by atoms with Gasteiger partial charge >= 0.3 is 6.09 Å². The molecule has 4 nitrogen and oxygen atoms in total. The zero-order valence-corrected chi connectivity index (χ0v) is 8.83. The SMILES string of the molecule is O=CN(C(=O)OCc1ccccc1)C1CC1. The molecule has 0 N–H and O–H groups in total. The van der Waals surface area contributed by atoms with Crippen molar-refractivity contribution in [3.05, 3.63) is 35.9 Å². The predicted octanol–water partition coefficient (Wildman–Crippen LogP) is 1.94. The van der Waals surface area contributed by atoms with Crippen molar-refractivity contribution in [2.24, 2.45) is 0 Å². The molecule has 1 saturated carbocycles. The van der Waals surface area contributed by atoms with Crippen molar-refractivity contribution in [3.63, 3.8) is 0 Å². The van der Waals surface area contributed by atoms with Crippen molar-refractivity contribution in [2.75, 3.05) is 0 Å². The van der Waals surface area contributed by atoms with Gasteiger partial charge in [-0.2, -0.15) is 0 Å². The van der Waals surface area contributed by atoms with Crippen LogP contribution in [0.2, 0.25) is 0 Å². The van der Waals surface area contributed by atoms with E-state index in [2.05, 4.69) is 0 Å². The summed E-state index contributed by atoms with van der Waals surface area (Å²) in [5.41, 5.74) is 0.914. The number of nitrogens with zero attached hydrogens (tertiary/aromatic N) is 1. The van der Waals surface area contributed by atoms with E-state index < -0.39 is 6.09 Å². The summed E-state index contributed by atoms with van der Waals surface area (Å²) in [6, 6.07) is 9.45. The van der Waals surface area contributed by atoms with Crippen molar-refractivity contribution >= 4 is 12.5 Å². The Morgan fingerprint density at radius 2 is 2.06 bits per heavy atom. The van der Waals surface area contributed by atoms with Gasteiger partial charge < -0.3 is 4.74 Å². The van der Waals surface area contributed by atoms with Crippen molar-refractivity contribution in [2.45, 2.75) is 25.5 Å². The molecule has 0 spiro atoms. The molecule has 1 aromatic rings. The lowest BCUT2D eigenvalue weighted by Gasteiger charge is -2.14. The van der Waals surface area contributed by atoms with E-state index in [4.69, 9.17) is 4.74 Å². The normalized spacial score (nSPS) is 14.2. The topological polar surface area (TPSA) is 46.6 Å². The summed E-state index contributed by atoms with van der Waals surface area (Å²) in [5, 5.41) is 0. The maximum Gasteiger partial charge on any atom is 0.416 e. The lowest BCUT2D eigenvalue weighted by atomic mass is 10.2. The summed E-state index contributed by atoms with van der Waals surface area (Å²) < 4.78 is 5.04. The molecular formula is C12H13NO3. The van der Waals surface area contributed by atoms with Crippen molar-refractivity contribution in [3.8, 4) is 0 Å². The minimum atomic E-state index is -0.554. The number of ether oxygens (including phenoxy) is 1. The first kappa shape index (κ1) is 10.7. The van der Waals surface area contributed by atoms with Crippen LogP contribution in [0, 0.1) is 0 Å². The fourth-order valence-corrected chi connectivity index (χ4v) is 1.42. The molecule has 0 radical (unpaired) electrons. The summed E-state index contributed by atoms with van der Waals surface area (Å²) in [7, 11) is 0. The smallest absolute Gasteiger partial charge is 0.416 e. The Morgan fingerprint density at radius 3 is 2.62 bits per heavy atom. The number of benzene rings is 1. The highest BCUT2D eigenvalue weighted by Crippen LogP contribution is 2.26. The third kappa shape index (κ3) is 2.59. The molecule has 84 valence electrons. The number of carbonyl (C=O) groups excluding carboxylic acids is 2. The molecule has 0 saturated heterocycles. The molecule has 16 heavy (non-hydrogen) atoms. The van der Waals surface area contributed by atoms with Crippen LogP contribution < -0.4 is 0 Å². The number of amides is 2. The quantitative estimate of drug-likeness (QED) is 0.727. The van der Waals surface area contributed by atoms with E-state index in [9.17, 15) is 9.59 Å². The Morgan fingerprint density at radius 1 is 1.38 bits per heavy atom. The summed E-state index contributed by atoms with van der Waals surface area (Å²) in [5.74, 6) is 0. The second-order valence-corrected chi connectivity index (χ2v) is 3.78. The molecule has 0 atom stereocenters. The van der Waals surface area contributed by atoms with Gasteiger partial charge in [-0.05, 0) is 18.4 Å². The first-order chi connectivity index (χ1) is 7.81. The van der Waals surface area contributed by atoms with E-state index in [1.165, 1.54) is 0 Å². The van der Waals surface area contributed by atoms with E-state index in [0.717, 1.165) is 23.3 Å². The van der Waals surface area contributed by atoms with Gasteiger partial charge in [0.2, 0.25) is 6.41 Å². The van der Waals surface area contributed by atoms with Gasteiger partial charge in [-0.25, -0.2) is 9.69 Å². The van der Waals surface area contributed by atoms with Gasteiger partial charge in [0, 0.05) is 6.04 Å². The van der Waals surface area contributed by atoms with Crippen LogP contribution in [-0.2, 0) is 16.1 Å². The summed E-state index contributed by atoms with van der Waals surface area (Å²) in [6.45, 7) is 0.205. The van der Waals surface area contributed by atoms with Gasteiger partial charge in [0.25, 0.3) is 0 Å². The highest BCUT2D eigenvalue weighted by atomic mass is 16.6. The number of rotatable bonds is 4. The third-order valence-electron chi connectivity index (χ3n) is 2.47. The molecule has 1 aliphatic carbocycles. The van der Waals surface area contributed by atoms with Crippen molar-refractivity contribution in [1.29, 1.82) is 0 Å². The summed E-state index contributed by atoms with van der Waals surface area (Å²) >= 11 is 0. The average molecular weight is 219 g/mol. The Kier molecular flexibility index (Phi) is 3.19. The second-order valence-electron chi connectivity index (χ2n) is 3.78. The minimum absolute atomic E-state index is 0.0563. The molecule has 0 aliphatic heterocycles. The standard InChI is InChI=1S/C12H13NO3/c14-9-13(11-6-7-11)12(15)16-8-10-4-2-1-3-5-10/h1-5,9,11H,6-8H2. The van der Waals surface area contributed by atoms with Gasteiger partial charge in [-0.1, -0.05) is 30.3 Å². The molecule has 2 rings (SSSR count). The van der Waals surface area contributed by atoms with Crippen LogP contribution in [0.5, 0.6) is 0 Å². The van der Waals surface area contributed by atoms with Crippen LogP contribution in [0.4, 0.5) is 4.79 Å². The molecule has 0 aromatic heterocycles. The van der Waals surface area contributed by atoms with E-state index in [1.54, 1.807) is 0 Å². The van der Waals surface area contributed by atoms with Gasteiger partial charge in [0.15, 0.2) is 0 Å². The molecule has 4 heteroatoms. The fraction of sp³-hybridized carbons (Fsp3) is 0.333. The fourth-order valence-electron chi connectivity index (χ4n) is 1.42. The summed E-state index contributed by atoms with van der Waals surface area (Å²) in [4.78, 5) is 23.3. The highest BCUT2D eigenvalue weighted by molar-refractivity contribution is 5.81. The number of hydrogen-bond acceptors (Lipinski definition) is 3. The highest BCUT2D eigenvalue weighted by Gasteiger charge is 2.33. The Bertz CT molecular complexity index is 373. The molecule has 0 bridgehead atoms. The first-order valence-electron chi connectivity index (χ1n) is 5.25. The summed E-state index contributed by atoms with van der Waals surface area (Å²) in [6.07, 6.45) is 1.77. The zero-order valence-electron chi connectivity index (χ0n) is 8.83. The molecule has 2 amide bonds. The van der Waals surface area contributed by atoms with Crippen LogP contribution in [-0.4, -0.2) is 23.4 Å². The lowest BCUT2D eigenvalue weighted by Crippen LogP contribution is -2.32. The Balaban J connectivity index is 1.85. The van der Waals surface area contributed by atoms with E-state index >= 15 is 0 Å². The van der Waals surface area contributed by atoms with Crippen LogP contribution in [0.15, 0.2) is 30.3 Å². The lowest BCUT2D eigenvalue weighted by molar-refractivity contribution is -0.117. The molecule has 1 fully saturated rings. The number of imide groups is 1. The minimum Gasteiger partial charge on any atom is -0.444 e. The van der Waals surface area contributed by atoms with Crippen LogP contribution in [0.25, 0.3) is 0 Å². The predicted molar refractivity (Wildman–Crippen MR) is 57.6 cm³/mol. The monoisotopic (exact) mass is 219 g/mol. The molecule has 1 aromatic carbocycles. The second kappa shape index (κ2) is 4.79. The van der Waals surface area contributed by atoms with E-state index in [0.29, 0.717) is 6.41 Å². The molecule has 1 aliphatic rings. The number of carbonyl (C=O) groups is 2. The van der Waals surface area contributed by atoms with Gasteiger partial charge in [-0.15, -0.1) is 0 Å². The van der Waals surface area contributed by atoms with Crippen LogP contribution in [0.3, 0.4) is 0 Å². The van der Waals surface area contributed by atoms with Gasteiger partial charge in [0.05, 0.1) is 0 Å². The Labute approximate surface area is 93.8 Å². The van der Waals surface area contributed by atoms with Crippen LogP contribution >= 0.6 is 0 Å².